The van der Waals surface area contributed by atoms with Gasteiger partial charge in [-0.3, -0.25) is 9.59 Å². The summed E-state index contributed by atoms with van der Waals surface area (Å²) in [4.78, 5) is 26.4. The number of hydrogen-bond donors (Lipinski definition) is 0. The summed E-state index contributed by atoms with van der Waals surface area (Å²) in [6, 6.07) is 18.7. The van der Waals surface area contributed by atoms with Gasteiger partial charge < -0.3 is 9.47 Å². The van der Waals surface area contributed by atoms with Crippen molar-refractivity contribution >= 4 is 17.5 Å². The van der Waals surface area contributed by atoms with Crippen molar-refractivity contribution in [3.63, 3.8) is 0 Å². The van der Waals surface area contributed by atoms with Gasteiger partial charge in [0, 0.05) is 18.2 Å². The van der Waals surface area contributed by atoms with Crippen LogP contribution in [0.1, 0.15) is 20.7 Å². The molecule has 152 valence electrons. The molecule has 8 heteroatoms. The summed E-state index contributed by atoms with van der Waals surface area (Å²) in [6.45, 7) is -1.52. The lowest BCUT2D eigenvalue weighted by atomic mass is 10.1. The zero-order valence-corrected chi connectivity index (χ0v) is 15.3. The van der Waals surface area contributed by atoms with Crippen LogP contribution < -0.4 is 14.4 Å². The van der Waals surface area contributed by atoms with Crippen LogP contribution >= 0.6 is 0 Å². The second-order valence-electron chi connectivity index (χ2n) is 6.47. The standard InChI is InChI=1S/C22H14F3NO4/c23-22(24,25)13-29-16-10-14(11-17(12-16)30-15-6-2-1-3-7-15)26-20(27)18-8-4-5-9-19(18)21(26)28/h1-12H,13H2. The number of halogens is 3. The molecule has 2 amide bonds. The van der Waals surface area contributed by atoms with Crippen molar-refractivity contribution in [3.05, 3.63) is 83.9 Å². The summed E-state index contributed by atoms with van der Waals surface area (Å²) in [5.41, 5.74) is 0.482. The van der Waals surface area contributed by atoms with Gasteiger partial charge in [-0.05, 0) is 24.3 Å². The van der Waals surface area contributed by atoms with Gasteiger partial charge >= 0.3 is 6.18 Å². The van der Waals surface area contributed by atoms with E-state index in [1.807, 2.05) is 0 Å². The predicted molar refractivity (Wildman–Crippen MR) is 102 cm³/mol. The molecule has 0 radical (unpaired) electrons. The molecule has 5 nitrogen and oxygen atoms in total. The Bertz CT molecular complexity index is 1080. The molecule has 0 aromatic heterocycles. The number of benzene rings is 3. The number of fused-ring (bicyclic) bond motifs is 1. The molecule has 3 aromatic carbocycles. The van der Waals surface area contributed by atoms with Gasteiger partial charge in [0.15, 0.2) is 6.61 Å². The number of hydrogen-bond acceptors (Lipinski definition) is 4. The number of imide groups is 1. The summed E-state index contributed by atoms with van der Waals surface area (Å²) in [7, 11) is 0. The number of amides is 2. The Hall–Kier alpha value is -3.81. The van der Waals surface area contributed by atoms with E-state index >= 15 is 0 Å². The SMILES string of the molecule is O=C1c2ccccc2C(=O)N1c1cc(OCC(F)(F)F)cc(Oc2ccccc2)c1. The van der Waals surface area contributed by atoms with Crippen LogP contribution in [0.3, 0.4) is 0 Å². The number of alkyl halides is 3. The van der Waals surface area contributed by atoms with E-state index in [0.29, 0.717) is 5.75 Å². The highest BCUT2D eigenvalue weighted by molar-refractivity contribution is 6.34. The maximum Gasteiger partial charge on any atom is 0.422 e. The number of ether oxygens (including phenoxy) is 2. The van der Waals surface area contributed by atoms with E-state index in [0.717, 1.165) is 4.90 Å². The minimum absolute atomic E-state index is 0.0480. The van der Waals surface area contributed by atoms with Gasteiger partial charge in [0.25, 0.3) is 11.8 Å². The number of nitrogens with zero attached hydrogens (tertiary/aromatic N) is 1. The maximum atomic E-state index is 12.7. The fraction of sp³-hybridized carbons (Fsp3) is 0.0909. The fourth-order valence-corrected chi connectivity index (χ4v) is 3.04. The number of carbonyl (C=O) groups is 2. The normalized spacial score (nSPS) is 13.4. The lowest BCUT2D eigenvalue weighted by Crippen LogP contribution is -2.29. The topological polar surface area (TPSA) is 55.8 Å². The van der Waals surface area contributed by atoms with Crippen molar-refractivity contribution in [2.75, 3.05) is 11.5 Å². The molecule has 0 N–H and O–H groups in total. The lowest BCUT2D eigenvalue weighted by Gasteiger charge is -2.18. The van der Waals surface area contributed by atoms with Crippen LogP contribution in [0.4, 0.5) is 18.9 Å². The smallest absolute Gasteiger partial charge is 0.422 e. The van der Waals surface area contributed by atoms with Crippen LogP contribution in [0.25, 0.3) is 0 Å². The third kappa shape index (κ3) is 3.98. The number of carbonyl (C=O) groups excluding carboxylic acids is 2. The molecule has 0 fully saturated rings. The Labute approximate surface area is 169 Å². The first-order valence-corrected chi connectivity index (χ1v) is 8.87. The highest BCUT2D eigenvalue weighted by Crippen LogP contribution is 2.36. The highest BCUT2D eigenvalue weighted by Gasteiger charge is 2.37. The van der Waals surface area contributed by atoms with Gasteiger partial charge in [-0.25, -0.2) is 4.90 Å². The van der Waals surface area contributed by atoms with Crippen LogP contribution in [-0.4, -0.2) is 24.6 Å². The zero-order chi connectivity index (χ0) is 21.3. The molecule has 0 unspecified atom stereocenters. The fourth-order valence-electron chi connectivity index (χ4n) is 3.04. The molecule has 0 saturated carbocycles. The van der Waals surface area contributed by atoms with E-state index in [2.05, 4.69) is 0 Å². The Morgan fingerprint density at radius 1 is 0.733 bits per heavy atom. The maximum absolute atomic E-state index is 12.7. The van der Waals surface area contributed by atoms with E-state index in [1.54, 1.807) is 42.5 Å². The molecule has 1 aliphatic heterocycles. The molecular formula is C22H14F3NO4. The predicted octanol–water partition coefficient (Wildman–Crippen LogP) is 5.22. The van der Waals surface area contributed by atoms with Crippen molar-refractivity contribution < 1.29 is 32.2 Å². The van der Waals surface area contributed by atoms with E-state index in [9.17, 15) is 22.8 Å². The quantitative estimate of drug-likeness (QED) is 0.538. The molecule has 0 aliphatic carbocycles. The molecule has 0 spiro atoms. The third-order valence-corrected chi connectivity index (χ3v) is 4.30. The number of para-hydroxylation sites is 1. The average Bonchev–Trinajstić information content (AvgIpc) is 2.97. The van der Waals surface area contributed by atoms with Gasteiger partial charge in [0.2, 0.25) is 0 Å². The van der Waals surface area contributed by atoms with Crippen LogP contribution in [0.5, 0.6) is 17.2 Å². The second kappa shape index (κ2) is 7.55. The van der Waals surface area contributed by atoms with Gasteiger partial charge in [0.05, 0.1) is 16.8 Å². The van der Waals surface area contributed by atoms with Crippen LogP contribution in [-0.2, 0) is 0 Å². The zero-order valence-electron chi connectivity index (χ0n) is 15.3. The van der Waals surface area contributed by atoms with E-state index in [1.165, 1.54) is 30.3 Å². The Kier molecular flexibility index (Phi) is 4.91. The van der Waals surface area contributed by atoms with E-state index < -0.39 is 24.6 Å². The van der Waals surface area contributed by atoms with Gasteiger partial charge in [-0.2, -0.15) is 13.2 Å². The van der Waals surface area contributed by atoms with Gasteiger partial charge in [0.1, 0.15) is 17.2 Å². The molecule has 3 aromatic rings. The lowest BCUT2D eigenvalue weighted by molar-refractivity contribution is -0.153. The number of anilines is 1. The molecule has 30 heavy (non-hydrogen) atoms. The van der Waals surface area contributed by atoms with Crippen LogP contribution in [0.15, 0.2) is 72.8 Å². The minimum atomic E-state index is -4.55. The Morgan fingerprint density at radius 2 is 1.30 bits per heavy atom. The average molecular weight is 413 g/mol. The van der Waals surface area contributed by atoms with Gasteiger partial charge in [-0.1, -0.05) is 30.3 Å². The molecule has 0 bridgehead atoms. The minimum Gasteiger partial charge on any atom is -0.484 e. The summed E-state index contributed by atoms with van der Waals surface area (Å²) in [5, 5.41) is 0. The van der Waals surface area contributed by atoms with Gasteiger partial charge in [-0.15, -0.1) is 0 Å². The molecule has 0 saturated heterocycles. The van der Waals surface area contributed by atoms with Crippen molar-refractivity contribution in [2.45, 2.75) is 6.18 Å². The third-order valence-electron chi connectivity index (χ3n) is 4.30. The van der Waals surface area contributed by atoms with Crippen molar-refractivity contribution in [2.24, 2.45) is 0 Å². The summed E-state index contributed by atoms with van der Waals surface area (Å²) < 4.78 is 48.4. The first kappa shape index (κ1) is 19.5. The number of rotatable bonds is 5. The first-order chi connectivity index (χ1) is 14.3. The van der Waals surface area contributed by atoms with E-state index in [4.69, 9.17) is 9.47 Å². The summed E-state index contributed by atoms with van der Waals surface area (Å²) in [6.07, 6.45) is -4.55. The monoisotopic (exact) mass is 413 g/mol. The Morgan fingerprint density at radius 3 is 1.90 bits per heavy atom. The molecular weight excluding hydrogens is 399 g/mol. The summed E-state index contributed by atoms with van der Waals surface area (Å²) in [5.74, 6) is -0.790. The van der Waals surface area contributed by atoms with Crippen molar-refractivity contribution in [1.29, 1.82) is 0 Å². The Balaban J connectivity index is 1.72. The second-order valence-corrected chi connectivity index (χ2v) is 6.47. The molecule has 1 aliphatic rings. The first-order valence-electron chi connectivity index (χ1n) is 8.87. The molecule has 0 atom stereocenters. The summed E-state index contributed by atoms with van der Waals surface area (Å²) >= 11 is 0. The van der Waals surface area contributed by atoms with Crippen molar-refractivity contribution in [1.82, 2.24) is 0 Å². The largest absolute Gasteiger partial charge is 0.484 e. The highest BCUT2D eigenvalue weighted by atomic mass is 19.4. The van der Waals surface area contributed by atoms with Crippen LogP contribution in [0, 0.1) is 0 Å². The van der Waals surface area contributed by atoms with Crippen LogP contribution in [0.2, 0.25) is 0 Å². The molecule has 4 rings (SSSR count). The van der Waals surface area contributed by atoms with Crippen molar-refractivity contribution in [3.8, 4) is 17.2 Å². The molecule has 1 heterocycles. The van der Waals surface area contributed by atoms with E-state index in [-0.39, 0.29) is 28.3 Å².